The number of hydrogen-bond acceptors (Lipinski definition) is 1. The summed E-state index contributed by atoms with van der Waals surface area (Å²) in [6.45, 7) is 5.16. The average molecular weight is 403 g/mol. The summed E-state index contributed by atoms with van der Waals surface area (Å²) in [6.07, 6.45) is 0. The minimum absolute atomic E-state index is 0. The molecule has 112 valence electrons. The highest BCUT2D eigenvalue weighted by atomic mass is 127. The largest absolute Gasteiger partial charge is 0.370 e. The predicted molar refractivity (Wildman–Crippen MR) is 79.8 cm³/mol. The minimum atomic E-state index is -1.74. The molecule has 0 unspecified atom stereocenters. The van der Waals surface area contributed by atoms with E-state index in [2.05, 4.69) is 16.9 Å². The molecule has 3 nitrogen and oxygen atoms in total. The molecular formula is C12H14F4IN3. The van der Waals surface area contributed by atoms with Crippen LogP contribution in [0, 0.1) is 23.3 Å². The van der Waals surface area contributed by atoms with Crippen LogP contribution < -0.4 is 11.1 Å². The molecule has 0 saturated heterocycles. The Kier molecular flexibility index (Phi) is 7.54. The van der Waals surface area contributed by atoms with Crippen molar-refractivity contribution in [3.8, 4) is 0 Å². The molecule has 1 aromatic rings. The summed E-state index contributed by atoms with van der Waals surface area (Å²) in [7, 11) is 0. The first-order chi connectivity index (χ1) is 8.82. The van der Waals surface area contributed by atoms with E-state index < -0.39 is 35.4 Å². The molecule has 20 heavy (non-hydrogen) atoms. The lowest BCUT2D eigenvalue weighted by molar-refractivity contribution is 0.425. The van der Waals surface area contributed by atoms with Gasteiger partial charge in [-0.15, -0.1) is 24.0 Å². The topological polar surface area (TPSA) is 50.4 Å². The van der Waals surface area contributed by atoms with Crippen molar-refractivity contribution in [2.75, 3.05) is 6.54 Å². The molecule has 8 heteroatoms. The number of guanidine groups is 1. The Bertz CT molecular complexity index is 532. The summed E-state index contributed by atoms with van der Waals surface area (Å²) in [5, 5.41) is 2.63. The zero-order valence-electron chi connectivity index (χ0n) is 10.6. The fraction of sp³-hybridized carbons (Fsp3) is 0.250. The molecule has 0 saturated carbocycles. The van der Waals surface area contributed by atoms with Crippen molar-refractivity contribution >= 4 is 29.9 Å². The van der Waals surface area contributed by atoms with Gasteiger partial charge >= 0.3 is 0 Å². The van der Waals surface area contributed by atoms with E-state index in [-0.39, 0.29) is 36.0 Å². The monoisotopic (exact) mass is 403 g/mol. The van der Waals surface area contributed by atoms with Crippen molar-refractivity contribution in [1.29, 1.82) is 0 Å². The zero-order valence-corrected chi connectivity index (χ0v) is 13.0. The Morgan fingerprint density at radius 3 is 2.40 bits per heavy atom. The van der Waals surface area contributed by atoms with Crippen molar-refractivity contribution in [1.82, 2.24) is 5.32 Å². The molecule has 1 rings (SSSR count). The minimum Gasteiger partial charge on any atom is -0.370 e. The number of aliphatic imine (C=N–C) groups is 1. The number of halogens is 5. The first kappa shape index (κ1) is 18.7. The second-order valence-electron chi connectivity index (χ2n) is 3.96. The van der Waals surface area contributed by atoms with Gasteiger partial charge in [-0.25, -0.2) is 22.6 Å². The first-order valence-electron chi connectivity index (χ1n) is 5.33. The van der Waals surface area contributed by atoms with E-state index in [1.807, 2.05) is 0 Å². The third kappa shape index (κ3) is 4.99. The molecule has 0 atom stereocenters. The van der Waals surface area contributed by atoms with E-state index in [0.717, 1.165) is 5.57 Å². The van der Waals surface area contributed by atoms with Gasteiger partial charge in [0.2, 0.25) is 0 Å². The van der Waals surface area contributed by atoms with Crippen LogP contribution in [-0.4, -0.2) is 12.5 Å². The molecule has 0 aliphatic heterocycles. The molecule has 0 bridgehead atoms. The smallest absolute Gasteiger partial charge is 0.194 e. The third-order valence-corrected chi connectivity index (χ3v) is 2.19. The van der Waals surface area contributed by atoms with Crippen LogP contribution in [0.4, 0.5) is 17.6 Å². The summed E-state index contributed by atoms with van der Waals surface area (Å²) < 4.78 is 52.2. The number of benzene rings is 1. The summed E-state index contributed by atoms with van der Waals surface area (Å²) in [6, 6.07) is 0.265. The average Bonchev–Trinajstić information content (AvgIpc) is 2.33. The van der Waals surface area contributed by atoms with Crippen molar-refractivity contribution < 1.29 is 17.6 Å². The molecule has 0 heterocycles. The Morgan fingerprint density at radius 2 is 1.85 bits per heavy atom. The number of hydrogen-bond donors (Lipinski definition) is 2. The van der Waals surface area contributed by atoms with Crippen LogP contribution in [0.15, 0.2) is 23.2 Å². The van der Waals surface area contributed by atoms with Crippen molar-refractivity contribution in [2.45, 2.75) is 13.5 Å². The standard InChI is InChI=1S/C12H13F4N3.HI/c1-6(2)4-18-12(17)19-5-7-8(13)3-9(14)11(16)10(7)15;/h3H,1,4-5H2,2H3,(H3,17,18,19);1H. The summed E-state index contributed by atoms with van der Waals surface area (Å²) in [4.78, 5) is 3.63. The lowest BCUT2D eigenvalue weighted by atomic mass is 10.2. The second kappa shape index (κ2) is 8.08. The maximum atomic E-state index is 13.3. The first-order valence-corrected chi connectivity index (χ1v) is 5.33. The van der Waals surface area contributed by atoms with Crippen molar-refractivity contribution in [2.24, 2.45) is 10.7 Å². The third-order valence-electron chi connectivity index (χ3n) is 2.19. The predicted octanol–water partition coefficient (Wildman–Crippen LogP) is 2.84. The van der Waals surface area contributed by atoms with Crippen LogP contribution in [0.2, 0.25) is 0 Å². The summed E-state index contributed by atoms with van der Waals surface area (Å²) in [5.74, 6) is -6.22. The van der Waals surface area contributed by atoms with E-state index in [0.29, 0.717) is 6.54 Å². The Hall–Kier alpha value is -1.32. The van der Waals surface area contributed by atoms with Gasteiger partial charge in [0.1, 0.15) is 5.82 Å². The van der Waals surface area contributed by atoms with E-state index >= 15 is 0 Å². The SMILES string of the molecule is C=C(C)CNC(N)=NCc1c(F)cc(F)c(F)c1F.I. The Morgan fingerprint density at radius 1 is 1.25 bits per heavy atom. The van der Waals surface area contributed by atoms with Gasteiger partial charge < -0.3 is 11.1 Å². The van der Waals surface area contributed by atoms with E-state index in [1.165, 1.54) is 0 Å². The van der Waals surface area contributed by atoms with E-state index in [4.69, 9.17) is 5.73 Å². The fourth-order valence-electron chi connectivity index (χ4n) is 1.21. The van der Waals surface area contributed by atoms with E-state index in [1.54, 1.807) is 6.92 Å². The van der Waals surface area contributed by atoms with Gasteiger partial charge in [-0.2, -0.15) is 0 Å². The fourth-order valence-corrected chi connectivity index (χ4v) is 1.21. The molecule has 1 aromatic carbocycles. The molecule has 0 fully saturated rings. The quantitative estimate of drug-likeness (QED) is 0.155. The Labute approximate surface area is 131 Å². The van der Waals surface area contributed by atoms with Gasteiger partial charge in [0.25, 0.3) is 0 Å². The summed E-state index contributed by atoms with van der Waals surface area (Å²) in [5.41, 5.74) is 5.52. The number of nitrogens with two attached hydrogens (primary N) is 1. The van der Waals surface area contributed by atoms with Gasteiger partial charge in [-0.05, 0) is 6.92 Å². The molecule has 0 spiro atoms. The summed E-state index contributed by atoms with van der Waals surface area (Å²) >= 11 is 0. The van der Waals surface area contributed by atoms with Crippen LogP contribution in [0.1, 0.15) is 12.5 Å². The van der Waals surface area contributed by atoms with Crippen LogP contribution in [0.5, 0.6) is 0 Å². The van der Waals surface area contributed by atoms with Crippen LogP contribution in [-0.2, 0) is 6.54 Å². The van der Waals surface area contributed by atoms with Gasteiger partial charge in [0.15, 0.2) is 23.4 Å². The number of rotatable bonds is 4. The lowest BCUT2D eigenvalue weighted by Gasteiger charge is -2.07. The molecule has 3 N–H and O–H groups in total. The molecule has 0 amide bonds. The van der Waals surface area contributed by atoms with E-state index in [9.17, 15) is 17.6 Å². The Balaban J connectivity index is 0.00000361. The zero-order chi connectivity index (χ0) is 14.6. The highest BCUT2D eigenvalue weighted by Gasteiger charge is 2.18. The lowest BCUT2D eigenvalue weighted by Crippen LogP contribution is -2.32. The molecule has 0 aliphatic carbocycles. The maximum absolute atomic E-state index is 13.3. The van der Waals surface area contributed by atoms with Crippen LogP contribution in [0.3, 0.4) is 0 Å². The number of nitrogens with zero attached hydrogens (tertiary/aromatic N) is 1. The van der Waals surface area contributed by atoms with Gasteiger partial charge in [-0.1, -0.05) is 12.2 Å². The van der Waals surface area contributed by atoms with Gasteiger partial charge in [0, 0.05) is 18.2 Å². The highest BCUT2D eigenvalue weighted by Crippen LogP contribution is 2.19. The molecular weight excluding hydrogens is 389 g/mol. The van der Waals surface area contributed by atoms with Gasteiger partial charge in [-0.3, -0.25) is 0 Å². The molecule has 0 aromatic heterocycles. The normalized spacial score (nSPS) is 10.9. The molecule has 0 aliphatic rings. The van der Waals surface area contributed by atoms with Crippen molar-refractivity contribution in [3.05, 3.63) is 47.1 Å². The second-order valence-corrected chi connectivity index (χ2v) is 3.96. The number of nitrogens with one attached hydrogen (secondary N) is 1. The van der Waals surface area contributed by atoms with Gasteiger partial charge in [0.05, 0.1) is 6.54 Å². The molecule has 0 radical (unpaired) electrons. The maximum Gasteiger partial charge on any atom is 0.194 e. The van der Waals surface area contributed by atoms with Crippen molar-refractivity contribution in [3.63, 3.8) is 0 Å². The van der Waals surface area contributed by atoms with Crippen LogP contribution >= 0.6 is 24.0 Å². The highest BCUT2D eigenvalue weighted by molar-refractivity contribution is 14.0. The van der Waals surface area contributed by atoms with Crippen LogP contribution in [0.25, 0.3) is 0 Å².